The van der Waals surface area contributed by atoms with Crippen LogP contribution in [0.15, 0.2) is 35.5 Å². The molecule has 1 N–H and O–H groups in total. The number of imidazole rings is 1. The molecule has 1 atom stereocenters. The molecule has 1 aromatic heterocycles. The van der Waals surface area contributed by atoms with Crippen molar-refractivity contribution in [3.63, 3.8) is 0 Å². The lowest BCUT2D eigenvalue weighted by Gasteiger charge is -2.23. The molecule has 0 fully saturated rings. The molecule has 1 aliphatic rings. The highest BCUT2D eigenvalue weighted by Crippen LogP contribution is 2.31. The Balaban J connectivity index is 1.74. The second kappa shape index (κ2) is 6.41. The smallest absolute Gasteiger partial charge is 0.335 e. The Hall–Kier alpha value is -1.94. The number of hydrogen-bond acceptors (Lipinski definition) is 3. The summed E-state index contributed by atoms with van der Waals surface area (Å²) >= 11 is 0. The average Bonchev–Trinajstić information content (AvgIpc) is 2.99. The largest absolute Gasteiger partial charge is 0.416 e. The highest BCUT2D eigenvalue weighted by atomic mass is 32.2. The quantitative estimate of drug-likeness (QED) is 0.833. The topological polar surface area (TPSA) is 64.0 Å². The molecule has 5 nitrogen and oxygen atoms in total. The van der Waals surface area contributed by atoms with Gasteiger partial charge < -0.3 is 4.57 Å². The van der Waals surface area contributed by atoms with Crippen LogP contribution in [0.1, 0.15) is 17.8 Å². The molecule has 0 aliphatic carbocycles. The number of alkyl halides is 3. The van der Waals surface area contributed by atoms with Crippen molar-refractivity contribution in [1.82, 2.24) is 14.3 Å². The zero-order valence-electron chi connectivity index (χ0n) is 12.9. The van der Waals surface area contributed by atoms with Gasteiger partial charge in [-0.15, -0.1) is 0 Å². The minimum Gasteiger partial charge on any atom is -0.335 e. The van der Waals surface area contributed by atoms with E-state index in [0.29, 0.717) is 37.6 Å². The van der Waals surface area contributed by atoms with Crippen molar-refractivity contribution < 1.29 is 26.0 Å². The van der Waals surface area contributed by atoms with Gasteiger partial charge in [0, 0.05) is 31.9 Å². The standard InChI is InChI=1S/C15H15F4N3O2S/c16-12-2-1-11(15(17,18)19)8-13(12)25(23,24)21-9-10-3-5-22-6-4-20-14(22)7-10/h1-2,4,6,8,10,21H,3,5,7,9H2/t10-/m0/s1. The minimum absolute atomic E-state index is 0.00484. The third-order valence-corrected chi connectivity index (χ3v) is 5.60. The number of aromatic nitrogens is 2. The van der Waals surface area contributed by atoms with E-state index in [4.69, 9.17) is 0 Å². The molecular weight excluding hydrogens is 362 g/mol. The molecule has 2 aromatic rings. The SMILES string of the molecule is O=S(=O)(NC[C@H]1CCn2ccnc2C1)c1cc(C(F)(F)F)ccc1F. The van der Waals surface area contributed by atoms with Gasteiger partial charge in [-0.2, -0.15) is 13.2 Å². The number of nitrogens with zero attached hydrogens (tertiary/aromatic N) is 2. The summed E-state index contributed by atoms with van der Waals surface area (Å²) in [5.74, 6) is -0.459. The molecule has 1 aliphatic heterocycles. The Morgan fingerprint density at radius 2 is 2.08 bits per heavy atom. The summed E-state index contributed by atoms with van der Waals surface area (Å²) in [6.07, 6.45) is -0.0381. The zero-order chi connectivity index (χ0) is 18.2. The second-order valence-electron chi connectivity index (χ2n) is 5.89. The van der Waals surface area contributed by atoms with Crippen molar-refractivity contribution >= 4 is 10.0 Å². The van der Waals surface area contributed by atoms with Gasteiger partial charge in [0.05, 0.1) is 5.56 Å². The fraction of sp³-hybridized carbons (Fsp3) is 0.400. The minimum atomic E-state index is -4.75. The van der Waals surface area contributed by atoms with E-state index in [-0.39, 0.29) is 12.5 Å². The molecule has 0 amide bonds. The molecule has 2 heterocycles. The number of halogens is 4. The van der Waals surface area contributed by atoms with Crippen LogP contribution in [0.4, 0.5) is 17.6 Å². The maximum Gasteiger partial charge on any atom is 0.416 e. The Bertz CT molecular complexity index is 877. The van der Waals surface area contributed by atoms with E-state index >= 15 is 0 Å². The number of rotatable bonds is 4. The van der Waals surface area contributed by atoms with Crippen LogP contribution >= 0.6 is 0 Å². The first-order valence-electron chi connectivity index (χ1n) is 7.53. The van der Waals surface area contributed by atoms with Gasteiger partial charge in [0.2, 0.25) is 10.0 Å². The number of benzene rings is 1. The zero-order valence-corrected chi connectivity index (χ0v) is 13.7. The van der Waals surface area contributed by atoms with Gasteiger partial charge in [-0.25, -0.2) is 22.5 Å². The van der Waals surface area contributed by atoms with Crippen molar-refractivity contribution in [3.8, 4) is 0 Å². The number of nitrogens with one attached hydrogen (secondary N) is 1. The van der Waals surface area contributed by atoms with Gasteiger partial charge in [-0.1, -0.05) is 0 Å². The summed E-state index contributed by atoms with van der Waals surface area (Å²) in [5, 5.41) is 0. The van der Waals surface area contributed by atoms with E-state index in [2.05, 4.69) is 9.71 Å². The summed E-state index contributed by atoms with van der Waals surface area (Å²) < 4.78 is 80.6. The first-order valence-corrected chi connectivity index (χ1v) is 9.01. The lowest BCUT2D eigenvalue weighted by atomic mass is 9.98. The van der Waals surface area contributed by atoms with Gasteiger partial charge >= 0.3 is 6.18 Å². The third kappa shape index (κ3) is 3.84. The molecule has 10 heteroatoms. The summed E-state index contributed by atoms with van der Waals surface area (Å²) in [7, 11) is -4.39. The van der Waals surface area contributed by atoms with Crippen LogP contribution in [0.25, 0.3) is 0 Å². The number of hydrogen-bond donors (Lipinski definition) is 1. The third-order valence-electron chi connectivity index (χ3n) is 4.16. The first kappa shape index (κ1) is 17.9. The van der Waals surface area contributed by atoms with Crippen molar-refractivity contribution in [2.45, 2.75) is 30.5 Å². The van der Waals surface area contributed by atoms with E-state index in [1.807, 2.05) is 10.8 Å². The molecular formula is C15H15F4N3O2S. The van der Waals surface area contributed by atoms with Crippen molar-refractivity contribution in [2.75, 3.05) is 6.54 Å². The highest BCUT2D eigenvalue weighted by Gasteiger charge is 2.33. The van der Waals surface area contributed by atoms with Gasteiger partial charge in [0.25, 0.3) is 0 Å². The summed E-state index contributed by atoms with van der Waals surface area (Å²) in [6, 6.07) is 1.33. The number of fused-ring (bicyclic) bond motifs is 1. The Labute approximate surface area is 141 Å². The Kier molecular flexibility index (Phi) is 4.58. The van der Waals surface area contributed by atoms with Crippen LogP contribution in [-0.4, -0.2) is 24.5 Å². The fourth-order valence-corrected chi connectivity index (χ4v) is 4.00. The van der Waals surface area contributed by atoms with Crippen LogP contribution in [-0.2, 0) is 29.2 Å². The number of sulfonamides is 1. The molecule has 1 aromatic carbocycles. The lowest BCUT2D eigenvalue weighted by molar-refractivity contribution is -0.137. The van der Waals surface area contributed by atoms with Gasteiger partial charge in [-0.05, 0) is 30.5 Å². The maximum absolute atomic E-state index is 13.8. The van der Waals surface area contributed by atoms with Gasteiger partial charge in [0.1, 0.15) is 16.5 Å². The predicted octanol–water partition coefficient (Wildman–Crippen LogP) is 2.58. The van der Waals surface area contributed by atoms with E-state index < -0.39 is 32.5 Å². The average molecular weight is 377 g/mol. The van der Waals surface area contributed by atoms with Crippen LogP contribution < -0.4 is 4.72 Å². The summed E-state index contributed by atoms with van der Waals surface area (Å²) in [6.45, 7) is 0.685. The van der Waals surface area contributed by atoms with Crippen LogP contribution in [0.2, 0.25) is 0 Å². The van der Waals surface area contributed by atoms with Gasteiger partial charge in [-0.3, -0.25) is 0 Å². The monoisotopic (exact) mass is 377 g/mol. The summed E-state index contributed by atoms with van der Waals surface area (Å²) in [5.41, 5.74) is -1.21. The Morgan fingerprint density at radius 1 is 1.32 bits per heavy atom. The van der Waals surface area contributed by atoms with Crippen LogP contribution in [0, 0.1) is 11.7 Å². The molecule has 136 valence electrons. The molecule has 3 rings (SSSR count). The number of aryl methyl sites for hydroxylation is 1. The van der Waals surface area contributed by atoms with Crippen LogP contribution in [0.5, 0.6) is 0 Å². The first-order chi connectivity index (χ1) is 11.7. The molecule has 0 spiro atoms. The highest BCUT2D eigenvalue weighted by molar-refractivity contribution is 7.89. The van der Waals surface area contributed by atoms with E-state index in [1.54, 1.807) is 6.20 Å². The summed E-state index contributed by atoms with van der Waals surface area (Å²) in [4.78, 5) is 3.16. The molecule has 0 radical (unpaired) electrons. The maximum atomic E-state index is 13.8. The fourth-order valence-electron chi connectivity index (χ4n) is 2.78. The lowest BCUT2D eigenvalue weighted by Crippen LogP contribution is -2.33. The second-order valence-corrected chi connectivity index (χ2v) is 7.63. The molecule has 0 unspecified atom stereocenters. The molecule has 0 bridgehead atoms. The molecule has 25 heavy (non-hydrogen) atoms. The molecule has 0 saturated carbocycles. The normalized spacial score (nSPS) is 18.2. The Morgan fingerprint density at radius 3 is 2.80 bits per heavy atom. The van der Waals surface area contributed by atoms with E-state index in [0.717, 1.165) is 5.82 Å². The predicted molar refractivity (Wildman–Crippen MR) is 80.6 cm³/mol. The van der Waals surface area contributed by atoms with Gasteiger partial charge in [0.15, 0.2) is 0 Å². The van der Waals surface area contributed by atoms with Crippen molar-refractivity contribution in [1.29, 1.82) is 0 Å². The van der Waals surface area contributed by atoms with Crippen molar-refractivity contribution in [2.24, 2.45) is 5.92 Å². The molecule has 0 saturated heterocycles. The van der Waals surface area contributed by atoms with Crippen LogP contribution in [0.3, 0.4) is 0 Å². The van der Waals surface area contributed by atoms with E-state index in [9.17, 15) is 26.0 Å². The van der Waals surface area contributed by atoms with E-state index in [1.165, 1.54) is 0 Å². The van der Waals surface area contributed by atoms with Crippen molar-refractivity contribution in [3.05, 3.63) is 47.8 Å².